The lowest BCUT2D eigenvalue weighted by atomic mass is 9.93. The van der Waals surface area contributed by atoms with Gasteiger partial charge in [-0.05, 0) is 31.9 Å². The summed E-state index contributed by atoms with van der Waals surface area (Å²) in [6, 6.07) is 0. The van der Waals surface area contributed by atoms with E-state index in [1.54, 1.807) is 20.8 Å². The number of rotatable bonds is 2. The maximum Gasteiger partial charge on any atom is 0.428 e. The van der Waals surface area contributed by atoms with Crippen molar-refractivity contribution in [2.24, 2.45) is 0 Å². The van der Waals surface area contributed by atoms with Gasteiger partial charge in [0.2, 0.25) is 0 Å². The molecule has 0 spiro atoms. The molecule has 20 heavy (non-hydrogen) atoms. The molecule has 0 fully saturated rings. The average molecular weight is 298 g/mol. The lowest BCUT2D eigenvalue weighted by Crippen LogP contribution is -2.31. The summed E-state index contributed by atoms with van der Waals surface area (Å²) in [6.07, 6.45) is 0. The van der Waals surface area contributed by atoms with Gasteiger partial charge >= 0.3 is 5.43 Å². The van der Waals surface area contributed by atoms with Crippen LogP contribution >= 0.6 is 11.6 Å². The van der Waals surface area contributed by atoms with E-state index in [9.17, 15) is 14.4 Å². The molecule has 7 heteroatoms. The van der Waals surface area contributed by atoms with Gasteiger partial charge in [-0.25, -0.2) is 4.79 Å². The summed E-state index contributed by atoms with van der Waals surface area (Å²) in [4.78, 5) is 39.6. The number of hydrogen-bond donors (Lipinski definition) is 0. The molecular weight excluding hydrogens is 286 g/mol. The van der Waals surface area contributed by atoms with Crippen LogP contribution in [0.1, 0.15) is 37.4 Å². The van der Waals surface area contributed by atoms with E-state index in [1.165, 1.54) is 7.11 Å². The first-order valence-electron chi connectivity index (χ1n) is 5.75. The number of carbonyl (C=O) groups is 3. The van der Waals surface area contributed by atoms with Crippen LogP contribution in [0.2, 0.25) is 0 Å². The molecule has 6 nitrogen and oxygen atoms in total. The molecule has 1 aliphatic heterocycles. The minimum absolute atomic E-state index is 0.174. The largest absolute Gasteiger partial charge is 0.496 e. The molecule has 1 aromatic carbocycles. The number of nitrogens with zero attached hydrogens (tertiary/aromatic N) is 1. The van der Waals surface area contributed by atoms with Crippen LogP contribution < -0.4 is 4.74 Å². The predicted octanol–water partition coefficient (Wildman–Crippen LogP) is 2.51. The minimum Gasteiger partial charge on any atom is -0.496 e. The average Bonchev–Trinajstić information content (AvgIpc) is 2.61. The monoisotopic (exact) mass is 297 g/mol. The van der Waals surface area contributed by atoms with Gasteiger partial charge in [0.05, 0.1) is 18.2 Å². The van der Waals surface area contributed by atoms with Crippen molar-refractivity contribution in [1.82, 2.24) is 5.06 Å². The zero-order valence-corrected chi connectivity index (χ0v) is 12.1. The number of imide groups is 1. The summed E-state index contributed by atoms with van der Waals surface area (Å²) in [7, 11) is 1.49. The molecule has 0 atom stereocenters. The van der Waals surface area contributed by atoms with Gasteiger partial charge in [-0.2, -0.15) is 0 Å². The van der Waals surface area contributed by atoms with Crippen molar-refractivity contribution in [3.63, 3.8) is 0 Å². The van der Waals surface area contributed by atoms with Crippen molar-refractivity contribution in [2.75, 3.05) is 7.11 Å². The van der Waals surface area contributed by atoms with Crippen molar-refractivity contribution in [1.29, 1.82) is 0 Å². The third kappa shape index (κ3) is 1.84. The molecule has 0 N–H and O–H groups in total. The van der Waals surface area contributed by atoms with Crippen LogP contribution in [0.25, 0.3) is 0 Å². The SMILES string of the molecule is COc1c(C)c(C)c2c(c1C)C(=O)N(OC(=O)Cl)C2=O. The van der Waals surface area contributed by atoms with Gasteiger partial charge in [0.15, 0.2) is 0 Å². The van der Waals surface area contributed by atoms with E-state index in [-0.39, 0.29) is 11.1 Å². The van der Waals surface area contributed by atoms with Crippen LogP contribution in [0, 0.1) is 20.8 Å². The third-order valence-corrected chi connectivity index (χ3v) is 3.48. The highest BCUT2D eigenvalue weighted by molar-refractivity contribution is 6.61. The Morgan fingerprint density at radius 3 is 1.95 bits per heavy atom. The first kappa shape index (κ1) is 14.3. The normalized spacial score (nSPS) is 13.6. The van der Waals surface area contributed by atoms with Gasteiger partial charge in [-0.15, -0.1) is 0 Å². The number of benzene rings is 1. The Kier molecular flexibility index (Phi) is 3.43. The predicted molar refractivity (Wildman–Crippen MR) is 70.0 cm³/mol. The van der Waals surface area contributed by atoms with Crippen LogP contribution in [0.4, 0.5) is 4.79 Å². The molecule has 2 rings (SSSR count). The highest BCUT2D eigenvalue weighted by Crippen LogP contribution is 2.37. The maximum atomic E-state index is 12.2. The number of ether oxygens (including phenoxy) is 1. The van der Waals surface area contributed by atoms with Gasteiger partial charge in [-0.3, -0.25) is 9.59 Å². The summed E-state index contributed by atoms with van der Waals surface area (Å²) >= 11 is 5.07. The van der Waals surface area contributed by atoms with Gasteiger partial charge in [0.1, 0.15) is 5.75 Å². The molecule has 0 aliphatic carbocycles. The summed E-state index contributed by atoms with van der Waals surface area (Å²) < 4.78 is 5.27. The Balaban J connectivity index is 2.70. The van der Waals surface area contributed by atoms with Crippen LogP contribution in [-0.4, -0.2) is 29.4 Å². The van der Waals surface area contributed by atoms with Crippen molar-refractivity contribution in [2.45, 2.75) is 20.8 Å². The Labute approximate surface area is 120 Å². The fourth-order valence-corrected chi connectivity index (χ4v) is 2.49. The number of hydroxylamine groups is 2. The van der Waals surface area contributed by atoms with E-state index in [0.717, 1.165) is 5.56 Å². The van der Waals surface area contributed by atoms with E-state index in [0.29, 0.717) is 21.9 Å². The molecule has 0 saturated heterocycles. The van der Waals surface area contributed by atoms with Gasteiger partial charge in [-0.1, -0.05) is 5.06 Å². The van der Waals surface area contributed by atoms with Crippen molar-refractivity contribution >= 4 is 28.8 Å². The fourth-order valence-electron chi connectivity index (χ4n) is 2.42. The van der Waals surface area contributed by atoms with Crippen molar-refractivity contribution in [3.05, 3.63) is 27.8 Å². The zero-order chi connectivity index (χ0) is 15.2. The Morgan fingerprint density at radius 2 is 1.50 bits per heavy atom. The highest BCUT2D eigenvalue weighted by Gasteiger charge is 2.42. The van der Waals surface area contributed by atoms with Crippen LogP contribution in [-0.2, 0) is 4.84 Å². The molecular formula is C13H12ClNO5. The first-order chi connectivity index (χ1) is 9.31. The Hall–Kier alpha value is -2.08. The molecule has 2 amide bonds. The molecule has 0 saturated carbocycles. The van der Waals surface area contributed by atoms with Crippen molar-refractivity contribution in [3.8, 4) is 5.75 Å². The fraction of sp³-hybridized carbons (Fsp3) is 0.308. The number of methoxy groups -OCH3 is 1. The van der Waals surface area contributed by atoms with Crippen LogP contribution in [0.5, 0.6) is 5.75 Å². The van der Waals surface area contributed by atoms with Crippen LogP contribution in [0.3, 0.4) is 0 Å². The molecule has 1 heterocycles. The second kappa shape index (κ2) is 4.79. The summed E-state index contributed by atoms with van der Waals surface area (Å²) in [5, 5.41) is 0.374. The quantitative estimate of drug-likeness (QED) is 0.619. The lowest BCUT2D eigenvalue weighted by Gasteiger charge is -2.14. The zero-order valence-electron chi connectivity index (χ0n) is 11.4. The molecule has 0 unspecified atom stereocenters. The minimum atomic E-state index is -1.25. The Morgan fingerprint density at radius 1 is 1.00 bits per heavy atom. The maximum absolute atomic E-state index is 12.2. The third-order valence-electron chi connectivity index (χ3n) is 3.41. The van der Waals surface area contributed by atoms with E-state index in [4.69, 9.17) is 16.3 Å². The number of amides is 2. The summed E-state index contributed by atoms with van der Waals surface area (Å²) in [5.41, 5.74) is 1.02. The molecule has 1 aromatic rings. The van der Waals surface area contributed by atoms with E-state index < -0.39 is 17.2 Å². The highest BCUT2D eigenvalue weighted by atomic mass is 35.5. The Bertz CT molecular complexity index is 653. The summed E-state index contributed by atoms with van der Waals surface area (Å²) in [6.45, 7) is 5.16. The van der Waals surface area contributed by atoms with E-state index >= 15 is 0 Å². The van der Waals surface area contributed by atoms with E-state index in [2.05, 4.69) is 4.84 Å². The van der Waals surface area contributed by atoms with Gasteiger partial charge in [0, 0.05) is 17.2 Å². The topological polar surface area (TPSA) is 72.9 Å². The standard InChI is InChI=1S/C13H12ClNO5/c1-5-6(2)10(19-4)7(3)9-8(5)11(16)15(12(9)17)20-13(14)18/h1-4H3. The lowest BCUT2D eigenvalue weighted by molar-refractivity contribution is -0.0356. The number of hydrogen-bond acceptors (Lipinski definition) is 5. The number of halogens is 1. The van der Waals surface area contributed by atoms with Crippen molar-refractivity contribution < 1.29 is 24.0 Å². The number of carbonyl (C=O) groups excluding carboxylic acids is 3. The first-order valence-corrected chi connectivity index (χ1v) is 6.13. The molecule has 1 aliphatic rings. The summed E-state index contributed by atoms with van der Waals surface area (Å²) in [5.74, 6) is -0.898. The molecule has 0 radical (unpaired) electrons. The molecule has 106 valence electrons. The van der Waals surface area contributed by atoms with Gasteiger partial charge < -0.3 is 9.57 Å². The molecule has 0 bridgehead atoms. The van der Waals surface area contributed by atoms with Gasteiger partial charge in [0.25, 0.3) is 11.8 Å². The smallest absolute Gasteiger partial charge is 0.428 e. The second-order valence-electron chi connectivity index (χ2n) is 4.39. The molecule has 0 aromatic heterocycles. The second-order valence-corrected chi connectivity index (χ2v) is 4.70. The van der Waals surface area contributed by atoms with E-state index in [1.807, 2.05) is 0 Å². The number of fused-ring (bicyclic) bond motifs is 1. The van der Waals surface area contributed by atoms with Crippen LogP contribution in [0.15, 0.2) is 0 Å².